The van der Waals surface area contributed by atoms with Crippen molar-refractivity contribution in [3.05, 3.63) is 62.9 Å². The van der Waals surface area contributed by atoms with Gasteiger partial charge in [0.15, 0.2) is 0 Å². The Morgan fingerprint density at radius 1 is 1.11 bits per heavy atom. The molecule has 0 amide bonds. The monoisotopic (exact) mass is 314 g/mol. The minimum atomic E-state index is -0.173. The molecule has 4 heteroatoms. The molecule has 0 spiro atoms. The molecule has 0 atom stereocenters. The minimum Gasteiger partial charge on any atom is -0.267 e. The smallest absolute Gasteiger partial charge is 0.267 e. The van der Waals surface area contributed by atoms with Crippen molar-refractivity contribution in [3.63, 3.8) is 0 Å². The molecule has 0 fully saturated rings. The van der Waals surface area contributed by atoms with E-state index in [4.69, 9.17) is 0 Å². The molecule has 3 nitrogen and oxygen atoms in total. The van der Waals surface area contributed by atoms with Gasteiger partial charge in [-0.3, -0.25) is 4.79 Å². The number of aryl methyl sites for hydroxylation is 1. The number of nitrogens with one attached hydrogen (secondary N) is 1. The predicted octanol–water partition coefficient (Wildman–Crippen LogP) is 3.66. The zero-order valence-corrected chi connectivity index (χ0v) is 11.9. The third-order valence-electron chi connectivity index (χ3n) is 3.15. The Labute approximate surface area is 118 Å². The number of hydrogen-bond acceptors (Lipinski definition) is 2. The number of H-pyrrole nitrogens is 1. The van der Waals surface area contributed by atoms with E-state index < -0.39 is 0 Å². The van der Waals surface area contributed by atoms with Gasteiger partial charge in [-0.25, -0.2) is 5.10 Å². The molecule has 0 saturated carbocycles. The Morgan fingerprint density at radius 3 is 2.68 bits per heavy atom. The van der Waals surface area contributed by atoms with Crippen LogP contribution in [0.15, 0.2) is 51.7 Å². The van der Waals surface area contributed by atoms with Crippen molar-refractivity contribution in [1.82, 2.24) is 10.2 Å². The molecule has 3 rings (SSSR count). The molecule has 0 aliphatic rings. The number of halogens is 1. The number of aromatic amines is 1. The molecule has 2 aromatic carbocycles. The summed E-state index contributed by atoms with van der Waals surface area (Å²) in [7, 11) is 0. The highest BCUT2D eigenvalue weighted by molar-refractivity contribution is 9.10. The molecular weight excluding hydrogens is 304 g/mol. The van der Waals surface area contributed by atoms with Crippen molar-refractivity contribution in [2.75, 3.05) is 0 Å². The van der Waals surface area contributed by atoms with Gasteiger partial charge in [-0.1, -0.05) is 46.3 Å². The lowest BCUT2D eigenvalue weighted by Gasteiger charge is -2.08. The first kappa shape index (κ1) is 12.1. The third-order valence-corrected chi connectivity index (χ3v) is 3.64. The van der Waals surface area contributed by atoms with Gasteiger partial charge >= 0.3 is 0 Å². The van der Waals surface area contributed by atoms with Crippen LogP contribution in [0.25, 0.3) is 22.0 Å². The average molecular weight is 315 g/mol. The summed E-state index contributed by atoms with van der Waals surface area (Å²) in [6.45, 7) is 2.03. The van der Waals surface area contributed by atoms with Gasteiger partial charge < -0.3 is 0 Å². The van der Waals surface area contributed by atoms with Crippen LogP contribution in [0, 0.1) is 6.92 Å². The SMILES string of the molecule is Cc1ccccc1-c1n[nH]c(=O)c2cc(Br)ccc12. The van der Waals surface area contributed by atoms with Gasteiger partial charge in [0.2, 0.25) is 0 Å². The highest BCUT2D eigenvalue weighted by Gasteiger charge is 2.10. The quantitative estimate of drug-likeness (QED) is 0.745. The maximum absolute atomic E-state index is 11.9. The molecule has 0 unspecified atom stereocenters. The van der Waals surface area contributed by atoms with Crippen LogP contribution in [0.4, 0.5) is 0 Å². The Balaban J connectivity index is 2.41. The van der Waals surface area contributed by atoms with E-state index in [1.807, 2.05) is 49.4 Å². The fourth-order valence-corrected chi connectivity index (χ4v) is 2.54. The van der Waals surface area contributed by atoms with Crippen LogP contribution >= 0.6 is 15.9 Å². The second-order valence-corrected chi connectivity index (χ2v) is 5.32. The van der Waals surface area contributed by atoms with E-state index in [1.165, 1.54) is 0 Å². The van der Waals surface area contributed by atoms with Crippen LogP contribution in [0.2, 0.25) is 0 Å². The standard InChI is InChI=1S/C15H11BrN2O/c1-9-4-2-3-5-11(9)14-12-7-6-10(16)8-13(12)15(19)18-17-14/h2-8H,1H3,(H,18,19). The molecule has 1 N–H and O–H groups in total. The van der Waals surface area contributed by atoms with Crippen LogP contribution in [-0.2, 0) is 0 Å². The number of hydrogen-bond donors (Lipinski definition) is 1. The summed E-state index contributed by atoms with van der Waals surface area (Å²) in [6.07, 6.45) is 0. The van der Waals surface area contributed by atoms with Crippen LogP contribution in [0.1, 0.15) is 5.56 Å². The zero-order chi connectivity index (χ0) is 13.4. The highest BCUT2D eigenvalue weighted by Crippen LogP contribution is 2.28. The van der Waals surface area contributed by atoms with Crippen LogP contribution in [0.5, 0.6) is 0 Å². The molecule has 1 aromatic heterocycles. The molecule has 0 bridgehead atoms. The summed E-state index contributed by atoms with van der Waals surface area (Å²) in [5.74, 6) is 0. The molecule has 1 heterocycles. The van der Waals surface area contributed by atoms with Crippen LogP contribution < -0.4 is 5.56 Å². The molecule has 3 aromatic rings. The largest absolute Gasteiger partial charge is 0.272 e. The second-order valence-electron chi connectivity index (χ2n) is 4.41. The fraction of sp³-hybridized carbons (Fsp3) is 0.0667. The summed E-state index contributed by atoms with van der Waals surface area (Å²) in [4.78, 5) is 11.9. The van der Waals surface area contributed by atoms with E-state index in [2.05, 4.69) is 26.1 Å². The van der Waals surface area contributed by atoms with Crippen molar-refractivity contribution >= 4 is 26.7 Å². The maximum Gasteiger partial charge on any atom is 0.272 e. The van der Waals surface area contributed by atoms with Gasteiger partial charge in [-0.15, -0.1) is 0 Å². The molecule has 0 aliphatic heterocycles. The van der Waals surface area contributed by atoms with Gasteiger partial charge in [0.1, 0.15) is 0 Å². The highest BCUT2D eigenvalue weighted by atomic mass is 79.9. The van der Waals surface area contributed by atoms with Crippen molar-refractivity contribution in [2.45, 2.75) is 6.92 Å². The lowest BCUT2D eigenvalue weighted by atomic mass is 10.0. The average Bonchev–Trinajstić information content (AvgIpc) is 2.41. The normalized spacial score (nSPS) is 10.8. The van der Waals surface area contributed by atoms with Crippen molar-refractivity contribution in [2.24, 2.45) is 0 Å². The predicted molar refractivity (Wildman–Crippen MR) is 80.2 cm³/mol. The molecule has 0 radical (unpaired) electrons. The second kappa shape index (κ2) is 4.63. The Bertz CT molecular complexity index is 824. The summed E-state index contributed by atoms with van der Waals surface area (Å²) < 4.78 is 0.882. The zero-order valence-electron chi connectivity index (χ0n) is 10.3. The summed E-state index contributed by atoms with van der Waals surface area (Å²) in [6, 6.07) is 13.7. The first-order chi connectivity index (χ1) is 9.16. The van der Waals surface area contributed by atoms with E-state index in [1.54, 1.807) is 0 Å². The van der Waals surface area contributed by atoms with Crippen molar-refractivity contribution < 1.29 is 0 Å². The van der Waals surface area contributed by atoms with Crippen LogP contribution in [-0.4, -0.2) is 10.2 Å². The number of fused-ring (bicyclic) bond motifs is 1. The lowest BCUT2D eigenvalue weighted by Crippen LogP contribution is -2.09. The number of nitrogens with zero attached hydrogens (tertiary/aromatic N) is 1. The first-order valence-electron chi connectivity index (χ1n) is 5.91. The number of aromatic nitrogens is 2. The van der Waals surface area contributed by atoms with Gasteiger partial charge in [-0.2, -0.15) is 5.10 Å². The van der Waals surface area contributed by atoms with Gasteiger partial charge in [0, 0.05) is 15.4 Å². The number of benzene rings is 2. The van der Waals surface area contributed by atoms with Gasteiger partial charge in [0.25, 0.3) is 5.56 Å². The van der Waals surface area contributed by atoms with E-state index in [-0.39, 0.29) is 5.56 Å². The van der Waals surface area contributed by atoms with E-state index in [0.717, 1.165) is 26.7 Å². The van der Waals surface area contributed by atoms with E-state index >= 15 is 0 Å². The van der Waals surface area contributed by atoms with Crippen molar-refractivity contribution in [3.8, 4) is 11.3 Å². The fourth-order valence-electron chi connectivity index (χ4n) is 2.18. The Morgan fingerprint density at radius 2 is 1.89 bits per heavy atom. The van der Waals surface area contributed by atoms with Gasteiger partial charge in [0.05, 0.1) is 11.1 Å². The van der Waals surface area contributed by atoms with Crippen LogP contribution in [0.3, 0.4) is 0 Å². The topological polar surface area (TPSA) is 45.8 Å². The molecule has 0 aliphatic carbocycles. The Kier molecular flexibility index (Phi) is 2.95. The molecular formula is C15H11BrN2O. The molecule has 0 saturated heterocycles. The van der Waals surface area contributed by atoms with E-state index in [9.17, 15) is 4.79 Å². The molecule has 94 valence electrons. The third kappa shape index (κ3) is 2.08. The Hall–Kier alpha value is -1.94. The van der Waals surface area contributed by atoms with Crippen molar-refractivity contribution in [1.29, 1.82) is 0 Å². The molecule has 19 heavy (non-hydrogen) atoms. The first-order valence-corrected chi connectivity index (χ1v) is 6.70. The summed E-state index contributed by atoms with van der Waals surface area (Å²) >= 11 is 3.39. The maximum atomic E-state index is 11.9. The number of rotatable bonds is 1. The summed E-state index contributed by atoms with van der Waals surface area (Å²) in [5, 5.41) is 8.29. The summed E-state index contributed by atoms with van der Waals surface area (Å²) in [5.41, 5.74) is 2.80. The van der Waals surface area contributed by atoms with E-state index in [0.29, 0.717) is 5.39 Å². The van der Waals surface area contributed by atoms with Gasteiger partial charge in [-0.05, 0) is 24.6 Å². The minimum absolute atomic E-state index is 0.173. The lowest BCUT2D eigenvalue weighted by molar-refractivity contribution is 1.02.